The van der Waals surface area contributed by atoms with Gasteiger partial charge in [-0.05, 0) is 32.0 Å². The molecule has 21 heavy (non-hydrogen) atoms. The molecule has 1 saturated heterocycles. The van der Waals surface area contributed by atoms with Crippen LogP contribution in [-0.2, 0) is 0 Å². The molecule has 1 aromatic carbocycles. The van der Waals surface area contributed by atoms with Crippen molar-refractivity contribution in [3.63, 3.8) is 0 Å². The van der Waals surface area contributed by atoms with Gasteiger partial charge in [-0.15, -0.1) is 0 Å². The Balaban J connectivity index is 2.04. The van der Waals surface area contributed by atoms with Crippen molar-refractivity contribution in [2.24, 2.45) is 0 Å². The molecule has 4 nitrogen and oxygen atoms in total. The van der Waals surface area contributed by atoms with Crippen molar-refractivity contribution in [2.45, 2.75) is 19.9 Å². The average molecular weight is 348 g/mol. The van der Waals surface area contributed by atoms with Crippen LogP contribution >= 0.6 is 15.9 Å². The molecule has 2 aromatic rings. The highest BCUT2D eigenvalue weighted by atomic mass is 79.9. The second-order valence-electron chi connectivity index (χ2n) is 5.58. The molecule has 0 spiro atoms. The monoisotopic (exact) mass is 347 g/mol. The topological polar surface area (TPSA) is 45.2 Å². The van der Waals surface area contributed by atoms with Crippen molar-refractivity contribution in [2.75, 3.05) is 19.6 Å². The number of aryl methyl sites for hydroxylation is 1. The van der Waals surface area contributed by atoms with Crippen LogP contribution in [0.3, 0.4) is 0 Å². The van der Waals surface area contributed by atoms with Gasteiger partial charge in [0.1, 0.15) is 0 Å². The number of carbonyl (C=O) groups is 1. The van der Waals surface area contributed by atoms with Crippen LogP contribution in [0.5, 0.6) is 0 Å². The molecule has 1 unspecified atom stereocenters. The number of nitrogens with zero attached hydrogens (tertiary/aromatic N) is 2. The largest absolute Gasteiger partial charge is 0.336 e. The Kier molecular flexibility index (Phi) is 3.95. The number of pyridine rings is 1. The predicted octanol–water partition coefficient (Wildman–Crippen LogP) is 2.74. The van der Waals surface area contributed by atoms with E-state index in [1.807, 2.05) is 36.1 Å². The lowest BCUT2D eigenvalue weighted by Crippen LogP contribution is -2.51. The summed E-state index contributed by atoms with van der Waals surface area (Å²) < 4.78 is 0.974. The Morgan fingerprint density at radius 1 is 1.43 bits per heavy atom. The number of hydrogen-bond acceptors (Lipinski definition) is 3. The Hall–Kier alpha value is -1.46. The number of halogens is 1. The van der Waals surface area contributed by atoms with Crippen molar-refractivity contribution in [1.82, 2.24) is 15.2 Å². The van der Waals surface area contributed by atoms with Crippen LogP contribution in [0.15, 0.2) is 28.7 Å². The van der Waals surface area contributed by atoms with Crippen LogP contribution in [0.2, 0.25) is 0 Å². The molecule has 1 atom stereocenters. The summed E-state index contributed by atoms with van der Waals surface area (Å²) in [5, 5.41) is 4.28. The molecule has 1 aliphatic heterocycles. The van der Waals surface area contributed by atoms with E-state index in [0.717, 1.165) is 46.3 Å². The molecule has 5 heteroatoms. The Bertz CT molecular complexity index is 696. The van der Waals surface area contributed by atoms with Crippen LogP contribution in [0.4, 0.5) is 0 Å². The van der Waals surface area contributed by atoms with E-state index >= 15 is 0 Å². The summed E-state index contributed by atoms with van der Waals surface area (Å²) in [5.74, 6) is 0.0983. The van der Waals surface area contributed by atoms with Gasteiger partial charge in [0.2, 0.25) is 0 Å². The fourth-order valence-corrected chi connectivity index (χ4v) is 3.15. The molecule has 3 rings (SSSR count). The Morgan fingerprint density at radius 3 is 3.00 bits per heavy atom. The van der Waals surface area contributed by atoms with Crippen LogP contribution in [0.25, 0.3) is 10.9 Å². The van der Waals surface area contributed by atoms with Gasteiger partial charge in [-0.25, -0.2) is 0 Å². The van der Waals surface area contributed by atoms with E-state index in [0.29, 0.717) is 6.04 Å². The second kappa shape index (κ2) is 5.73. The first-order valence-electron chi connectivity index (χ1n) is 7.14. The van der Waals surface area contributed by atoms with E-state index < -0.39 is 0 Å². The molecule has 1 aromatic heterocycles. The van der Waals surface area contributed by atoms with Gasteiger partial charge in [0.15, 0.2) is 0 Å². The number of fused-ring (bicyclic) bond motifs is 1. The van der Waals surface area contributed by atoms with Crippen molar-refractivity contribution in [1.29, 1.82) is 0 Å². The summed E-state index contributed by atoms with van der Waals surface area (Å²) in [5.41, 5.74) is 2.47. The number of carbonyl (C=O) groups excluding carboxylic acids is 1. The Morgan fingerprint density at radius 2 is 2.24 bits per heavy atom. The summed E-state index contributed by atoms with van der Waals surface area (Å²) in [6.07, 6.45) is 0. The van der Waals surface area contributed by atoms with Gasteiger partial charge in [-0.1, -0.05) is 22.0 Å². The fraction of sp³-hybridized carbons (Fsp3) is 0.375. The number of nitrogens with one attached hydrogen (secondary N) is 1. The standard InChI is InChI=1S/C16H18BrN3O/c1-10-7-14(13-4-3-12(17)8-15(13)19-10)16(21)20-6-5-18-11(2)9-20/h3-4,7-8,11,18H,5-6,9H2,1-2H3. The molecule has 1 amide bonds. The number of rotatable bonds is 1. The van der Waals surface area contributed by atoms with Gasteiger partial charge in [0.05, 0.1) is 11.1 Å². The third kappa shape index (κ3) is 2.94. The summed E-state index contributed by atoms with van der Waals surface area (Å²) >= 11 is 3.46. The second-order valence-corrected chi connectivity index (χ2v) is 6.49. The van der Waals surface area contributed by atoms with Gasteiger partial charge in [0.25, 0.3) is 5.91 Å². The molecule has 1 N–H and O–H groups in total. The molecule has 1 aliphatic rings. The van der Waals surface area contributed by atoms with E-state index in [4.69, 9.17) is 0 Å². The van der Waals surface area contributed by atoms with E-state index in [9.17, 15) is 4.79 Å². The summed E-state index contributed by atoms with van der Waals surface area (Å²) in [7, 11) is 0. The Labute approximate surface area is 132 Å². The third-order valence-corrected chi connectivity index (χ3v) is 4.28. The number of amides is 1. The average Bonchev–Trinajstić information content (AvgIpc) is 2.45. The maximum absolute atomic E-state index is 12.9. The van der Waals surface area contributed by atoms with E-state index in [1.165, 1.54) is 0 Å². The lowest BCUT2D eigenvalue weighted by molar-refractivity contribution is 0.0711. The lowest BCUT2D eigenvalue weighted by Gasteiger charge is -2.32. The zero-order valence-electron chi connectivity index (χ0n) is 12.2. The number of aromatic nitrogens is 1. The van der Waals surface area contributed by atoms with Crippen molar-refractivity contribution in [3.05, 3.63) is 40.0 Å². The molecule has 1 fully saturated rings. The number of hydrogen-bond donors (Lipinski definition) is 1. The highest BCUT2D eigenvalue weighted by Crippen LogP contribution is 2.24. The molecular formula is C16H18BrN3O. The van der Waals surface area contributed by atoms with E-state index in [2.05, 4.69) is 33.2 Å². The zero-order chi connectivity index (χ0) is 15.0. The highest BCUT2D eigenvalue weighted by Gasteiger charge is 2.23. The molecule has 0 aliphatic carbocycles. The smallest absolute Gasteiger partial charge is 0.254 e. The molecular weight excluding hydrogens is 330 g/mol. The minimum Gasteiger partial charge on any atom is -0.336 e. The minimum atomic E-state index is 0.0983. The third-order valence-electron chi connectivity index (χ3n) is 3.79. The van der Waals surface area contributed by atoms with Gasteiger partial charge in [-0.3, -0.25) is 9.78 Å². The van der Waals surface area contributed by atoms with E-state index in [1.54, 1.807) is 0 Å². The maximum atomic E-state index is 12.9. The fourth-order valence-electron chi connectivity index (χ4n) is 2.80. The summed E-state index contributed by atoms with van der Waals surface area (Å²) in [6, 6.07) is 8.11. The van der Waals surface area contributed by atoms with Crippen LogP contribution < -0.4 is 5.32 Å². The van der Waals surface area contributed by atoms with Crippen LogP contribution in [-0.4, -0.2) is 41.5 Å². The maximum Gasteiger partial charge on any atom is 0.254 e. The number of piperazine rings is 1. The summed E-state index contributed by atoms with van der Waals surface area (Å²) in [4.78, 5) is 19.3. The van der Waals surface area contributed by atoms with Crippen molar-refractivity contribution >= 4 is 32.7 Å². The highest BCUT2D eigenvalue weighted by molar-refractivity contribution is 9.10. The van der Waals surface area contributed by atoms with E-state index in [-0.39, 0.29) is 5.91 Å². The van der Waals surface area contributed by atoms with Crippen LogP contribution in [0, 0.1) is 6.92 Å². The molecule has 0 radical (unpaired) electrons. The van der Waals surface area contributed by atoms with Gasteiger partial charge >= 0.3 is 0 Å². The molecule has 0 saturated carbocycles. The molecule has 0 bridgehead atoms. The van der Waals surface area contributed by atoms with Gasteiger partial charge in [-0.2, -0.15) is 0 Å². The molecule has 110 valence electrons. The summed E-state index contributed by atoms with van der Waals surface area (Å²) in [6.45, 7) is 6.38. The molecule has 2 heterocycles. The van der Waals surface area contributed by atoms with Crippen molar-refractivity contribution in [3.8, 4) is 0 Å². The quantitative estimate of drug-likeness (QED) is 0.862. The first-order chi connectivity index (χ1) is 10.0. The van der Waals surface area contributed by atoms with Gasteiger partial charge < -0.3 is 10.2 Å². The normalized spacial score (nSPS) is 19.0. The first kappa shape index (κ1) is 14.5. The minimum absolute atomic E-state index is 0.0983. The number of benzene rings is 1. The first-order valence-corrected chi connectivity index (χ1v) is 7.93. The lowest BCUT2D eigenvalue weighted by atomic mass is 10.1. The van der Waals surface area contributed by atoms with Crippen molar-refractivity contribution < 1.29 is 4.79 Å². The van der Waals surface area contributed by atoms with Gasteiger partial charge in [0, 0.05) is 41.2 Å². The van der Waals surface area contributed by atoms with Crippen LogP contribution in [0.1, 0.15) is 23.0 Å². The zero-order valence-corrected chi connectivity index (χ0v) is 13.8. The SMILES string of the molecule is Cc1cc(C(=O)N2CCNC(C)C2)c2ccc(Br)cc2n1. The predicted molar refractivity (Wildman–Crippen MR) is 87.5 cm³/mol.